The normalized spacial score (nSPS) is 20.6. The molecule has 0 spiro atoms. The van der Waals surface area contributed by atoms with Gasteiger partial charge in [0.2, 0.25) is 0 Å². The molecule has 1 aromatic rings. The van der Waals surface area contributed by atoms with Crippen LogP contribution in [0.3, 0.4) is 0 Å². The lowest BCUT2D eigenvalue weighted by Gasteiger charge is -2.17. The minimum atomic E-state index is -3.84. The summed E-state index contributed by atoms with van der Waals surface area (Å²) < 4.78 is 32.6. The van der Waals surface area contributed by atoms with E-state index in [1.165, 1.54) is 17.4 Å². The molecular weight excluding hydrogens is 338 g/mol. The van der Waals surface area contributed by atoms with Crippen molar-refractivity contribution in [1.82, 2.24) is 4.72 Å². The SMILES string of the molecule is CC(C)(C)c1ccc(S(=O)(=O)NC(CC2CCOC2)C(=O)O)s1. The van der Waals surface area contributed by atoms with Gasteiger partial charge in [0.05, 0.1) is 0 Å². The summed E-state index contributed by atoms with van der Waals surface area (Å²) in [6.45, 7) is 7.09. The van der Waals surface area contributed by atoms with Crippen molar-refractivity contribution >= 4 is 27.3 Å². The minimum absolute atomic E-state index is 0.0762. The number of carboxylic acids is 1. The van der Waals surface area contributed by atoms with Crippen molar-refractivity contribution in [3.05, 3.63) is 17.0 Å². The van der Waals surface area contributed by atoms with Crippen LogP contribution in [0.4, 0.5) is 0 Å². The molecule has 1 aliphatic rings. The summed E-state index contributed by atoms with van der Waals surface area (Å²) in [5.74, 6) is -1.08. The van der Waals surface area contributed by atoms with Crippen LogP contribution in [0, 0.1) is 5.92 Å². The molecule has 1 saturated heterocycles. The van der Waals surface area contributed by atoms with Gasteiger partial charge in [-0.25, -0.2) is 8.42 Å². The third kappa shape index (κ3) is 4.76. The zero-order valence-electron chi connectivity index (χ0n) is 13.5. The molecule has 2 rings (SSSR count). The van der Waals surface area contributed by atoms with E-state index in [1.807, 2.05) is 20.8 Å². The Bertz CT molecular complexity index is 654. The number of carbonyl (C=O) groups is 1. The first-order chi connectivity index (χ1) is 10.6. The van der Waals surface area contributed by atoms with Crippen molar-refractivity contribution in [3.8, 4) is 0 Å². The van der Waals surface area contributed by atoms with Crippen LogP contribution in [-0.4, -0.2) is 38.7 Å². The van der Waals surface area contributed by atoms with Gasteiger partial charge in [0.25, 0.3) is 10.0 Å². The molecule has 0 amide bonds. The maximum absolute atomic E-state index is 12.5. The molecule has 1 fully saturated rings. The van der Waals surface area contributed by atoms with Gasteiger partial charge >= 0.3 is 5.97 Å². The lowest BCUT2D eigenvalue weighted by molar-refractivity contribution is -0.139. The summed E-state index contributed by atoms with van der Waals surface area (Å²) in [6, 6.07) is 2.18. The van der Waals surface area contributed by atoms with Crippen LogP contribution in [0.1, 0.15) is 38.5 Å². The van der Waals surface area contributed by atoms with Gasteiger partial charge in [-0.2, -0.15) is 4.72 Å². The molecule has 130 valence electrons. The quantitative estimate of drug-likeness (QED) is 0.810. The fraction of sp³-hybridized carbons (Fsp3) is 0.667. The highest BCUT2D eigenvalue weighted by atomic mass is 32.2. The standard InChI is InChI=1S/C15H23NO5S2/c1-15(2,3)12-4-5-13(22-12)23(19,20)16-11(14(17)18)8-10-6-7-21-9-10/h4-5,10-11,16H,6-9H2,1-3H3,(H,17,18). The summed E-state index contributed by atoms with van der Waals surface area (Å²) in [5.41, 5.74) is -0.147. The van der Waals surface area contributed by atoms with Gasteiger partial charge in [-0.15, -0.1) is 11.3 Å². The maximum Gasteiger partial charge on any atom is 0.321 e. The number of hydrogen-bond acceptors (Lipinski definition) is 5. The van der Waals surface area contributed by atoms with E-state index >= 15 is 0 Å². The lowest BCUT2D eigenvalue weighted by Crippen LogP contribution is -2.41. The first kappa shape index (κ1) is 18.4. The van der Waals surface area contributed by atoms with E-state index in [4.69, 9.17) is 4.74 Å². The average Bonchev–Trinajstić information content (AvgIpc) is 3.08. The van der Waals surface area contributed by atoms with Crippen molar-refractivity contribution in [2.75, 3.05) is 13.2 Å². The molecule has 2 N–H and O–H groups in total. The number of nitrogens with one attached hydrogen (secondary N) is 1. The molecule has 0 aromatic carbocycles. The number of ether oxygens (including phenoxy) is 1. The van der Waals surface area contributed by atoms with Gasteiger partial charge in [0.1, 0.15) is 10.3 Å². The van der Waals surface area contributed by atoms with Crippen LogP contribution in [-0.2, 0) is 25.0 Å². The Balaban J connectivity index is 2.14. The van der Waals surface area contributed by atoms with E-state index < -0.39 is 22.0 Å². The highest BCUT2D eigenvalue weighted by Crippen LogP contribution is 2.32. The number of aliphatic carboxylic acids is 1. The summed E-state index contributed by atoms with van der Waals surface area (Å²) in [5, 5.41) is 9.31. The zero-order valence-corrected chi connectivity index (χ0v) is 15.2. The Morgan fingerprint density at radius 2 is 2.17 bits per heavy atom. The maximum atomic E-state index is 12.5. The number of hydrogen-bond donors (Lipinski definition) is 2. The van der Waals surface area contributed by atoms with Gasteiger partial charge < -0.3 is 9.84 Å². The average molecular weight is 361 g/mol. The minimum Gasteiger partial charge on any atom is -0.480 e. The van der Waals surface area contributed by atoms with E-state index in [9.17, 15) is 18.3 Å². The van der Waals surface area contributed by atoms with Gasteiger partial charge in [-0.05, 0) is 36.3 Å². The molecule has 1 aromatic heterocycles. The summed E-state index contributed by atoms with van der Waals surface area (Å²) >= 11 is 1.18. The van der Waals surface area contributed by atoms with Gasteiger partial charge in [0.15, 0.2) is 0 Å². The molecule has 0 aliphatic carbocycles. The zero-order chi connectivity index (χ0) is 17.3. The Kier molecular flexibility index (Phi) is 5.50. The van der Waals surface area contributed by atoms with Crippen LogP contribution >= 0.6 is 11.3 Å². The second-order valence-corrected chi connectivity index (χ2v) is 9.87. The van der Waals surface area contributed by atoms with Crippen LogP contribution in [0.2, 0.25) is 0 Å². The highest BCUT2D eigenvalue weighted by Gasteiger charge is 2.31. The Morgan fingerprint density at radius 1 is 1.48 bits per heavy atom. The molecule has 2 heterocycles. The molecule has 0 radical (unpaired) electrons. The highest BCUT2D eigenvalue weighted by molar-refractivity contribution is 7.91. The molecule has 2 unspecified atom stereocenters. The van der Waals surface area contributed by atoms with Crippen LogP contribution < -0.4 is 4.72 Å². The van der Waals surface area contributed by atoms with E-state index in [1.54, 1.807) is 6.07 Å². The predicted octanol–water partition coefficient (Wildman–Crippen LogP) is 2.20. The van der Waals surface area contributed by atoms with Gasteiger partial charge in [-0.1, -0.05) is 20.8 Å². The van der Waals surface area contributed by atoms with Crippen LogP contribution in [0.25, 0.3) is 0 Å². The number of rotatable bonds is 6. The molecule has 8 heteroatoms. The molecule has 23 heavy (non-hydrogen) atoms. The van der Waals surface area contributed by atoms with Crippen molar-refractivity contribution in [2.24, 2.45) is 5.92 Å². The number of sulfonamides is 1. The fourth-order valence-electron chi connectivity index (χ4n) is 2.41. The molecule has 1 aliphatic heterocycles. The molecular formula is C15H23NO5S2. The largest absolute Gasteiger partial charge is 0.480 e. The lowest BCUT2D eigenvalue weighted by atomic mass is 9.95. The van der Waals surface area contributed by atoms with E-state index in [2.05, 4.69) is 4.72 Å². The van der Waals surface area contributed by atoms with E-state index in [0.29, 0.717) is 13.2 Å². The Hall–Kier alpha value is -0.960. The molecule has 0 bridgehead atoms. The number of carboxylic acid groups (broad SMARTS) is 1. The first-order valence-electron chi connectivity index (χ1n) is 7.53. The van der Waals surface area contributed by atoms with Crippen molar-refractivity contribution < 1.29 is 23.1 Å². The topological polar surface area (TPSA) is 92.7 Å². The Morgan fingerprint density at radius 3 is 2.65 bits per heavy atom. The van der Waals surface area contributed by atoms with Crippen LogP contribution in [0.5, 0.6) is 0 Å². The van der Waals surface area contributed by atoms with Gasteiger partial charge in [-0.3, -0.25) is 4.79 Å². The van der Waals surface area contributed by atoms with Crippen molar-refractivity contribution in [2.45, 2.75) is 49.3 Å². The third-order valence-electron chi connectivity index (χ3n) is 3.77. The molecule has 2 atom stereocenters. The third-order valence-corrected chi connectivity index (χ3v) is 7.25. The van der Waals surface area contributed by atoms with E-state index in [0.717, 1.165) is 11.3 Å². The second kappa shape index (κ2) is 6.88. The predicted molar refractivity (Wildman–Crippen MR) is 88.3 cm³/mol. The smallest absolute Gasteiger partial charge is 0.321 e. The first-order valence-corrected chi connectivity index (χ1v) is 9.83. The van der Waals surface area contributed by atoms with Crippen LogP contribution in [0.15, 0.2) is 16.3 Å². The van der Waals surface area contributed by atoms with E-state index in [-0.39, 0.29) is 22.0 Å². The summed E-state index contributed by atoms with van der Waals surface area (Å²) in [4.78, 5) is 12.3. The number of thiophene rings is 1. The van der Waals surface area contributed by atoms with Crippen molar-refractivity contribution in [1.29, 1.82) is 0 Å². The Labute approximate surface area is 140 Å². The fourth-order valence-corrected chi connectivity index (χ4v) is 5.00. The van der Waals surface area contributed by atoms with Gasteiger partial charge in [0, 0.05) is 18.1 Å². The monoisotopic (exact) mass is 361 g/mol. The van der Waals surface area contributed by atoms with Crippen molar-refractivity contribution in [3.63, 3.8) is 0 Å². The summed E-state index contributed by atoms with van der Waals surface area (Å²) in [7, 11) is -3.84. The summed E-state index contributed by atoms with van der Waals surface area (Å²) in [6.07, 6.45) is 1.00. The molecule has 6 nitrogen and oxygen atoms in total. The second-order valence-electron chi connectivity index (χ2n) is 6.85. The molecule has 0 saturated carbocycles.